The van der Waals surface area contributed by atoms with Gasteiger partial charge in [0.25, 0.3) is 5.97 Å². The highest BCUT2D eigenvalue weighted by Crippen LogP contribution is 2.39. The lowest BCUT2D eigenvalue weighted by molar-refractivity contribution is -0.334. The highest BCUT2D eigenvalue weighted by atomic mass is 16.9. The summed E-state index contributed by atoms with van der Waals surface area (Å²) >= 11 is 0. The SMILES string of the molecule is COC1(C)OC2O[C@H](COCc3ccccc3)[C@@H](OCc3ccccc3)[C@H](OCc3ccccc3)[C@H]2O1. The number of rotatable bonds is 11. The van der Waals surface area contributed by atoms with E-state index in [2.05, 4.69) is 0 Å². The summed E-state index contributed by atoms with van der Waals surface area (Å²) in [7, 11) is 1.54. The summed E-state index contributed by atoms with van der Waals surface area (Å²) in [6.45, 7) is 3.28. The molecule has 5 rings (SSSR count). The van der Waals surface area contributed by atoms with Gasteiger partial charge >= 0.3 is 0 Å². The second-order valence-electron chi connectivity index (χ2n) is 9.33. The molecule has 3 aromatic rings. The Balaban J connectivity index is 1.36. The fraction of sp³-hybridized carbons (Fsp3) is 0.400. The summed E-state index contributed by atoms with van der Waals surface area (Å²) in [6.07, 6.45) is -2.63. The number of benzene rings is 3. The Hall–Kier alpha value is -2.62. The molecule has 0 spiro atoms. The van der Waals surface area contributed by atoms with Crippen molar-refractivity contribution in [1.82, 2.24) is 0 Å². The number of ether oxygens (including phenoxy) is 7. The summed E-state index contributed by atoms with van der Waals surface area (Å²) in [6, 6.07) is 30.1. The predicted octanol–water partition coefficient (Wildman–Crippen LogP) is 4.83. The van der Waals surface area contributed by atoms with Gasteiger partial charge < -0.3 is 28.4 Å². The van der Waals surface area contributed by atoms with E-state index in [-0.39, 0.29) is 0 Å². The molecule has 2 fully saturated rings. The number of fused-ring (bicyclic) bond motifs is 1. The third-order valence-corrected chi connectivity index (χ3v) is 6.61. The Morgan fingerprint density at radius 2 is 1.19 bits per heavy atom. The van der Waals surface area contributed by atoms with E-state index < -0.39 is 36.7 Å². The lowest BCUT2D eigenvalue weighted by atomic mass is 9.98. The number of methoxy groups -OCH3 is 1. The third kappa shape index (κ3) is 6.64. The topological polar surface area (TPSA) is 64.6 Å². The molecule has 0 aliphatic carbocycles. The molecule has 0 N–H and O–H groups in total. The summed E-state index contributed by atoms with van der Waals surface area (Å²) < 4.78 is 43.2. The molecule has 3 aromatic carbocycles. The van der Waals surface area contributed by atoms with E-state index in [9.17, 15) is 0 Å². The molecule has 7 heteroatoms. The van der Waals surface area contributed by atoms with Crippen molar-refractivity contribution < 1.29 is 33.2 Å². The Kier molecular flexibility index (Phi) is 8.63. The van der Waals surface area contributed by atoms with Crippen LogP contribution in [0.1, 0.15) is 23.6 Å². The Morgan fingerprint density at radius 3 is 1.73 bits per heavy atom. The van der Waals surface area contributed by atoms with Gasteiger partial charge in [-0.15, -0.1) is 0 Å². The van der Waals surface area contributed by atoms with Crippen LogP contribution in [0.25, 0.3) is 0 Å². The van der Waals surface area contributed by atoms with Crippen LogP contribution in [0.4, 0.5) is 0 Å². The highest BCUT2D eigenvalue weighted by molar-refractivity contribution is 5.15. The van der Waals surface area contributed by atoms with Crippen molar-refractivity contribution in [2.75, 3.05) is 13.7 Å². The zero-order valence-electron chi connectivity index (χ0n) is 21.2. The van der Waals surface area contributed by atoms with Crippen LogP contribution in [0, 0.1) is 0 Å². The van der Waals surface area contributed by atoms with Crippen LogP contribution in [-0.2, 0) is 53.0 Å². The second kappa shape index (κ2) is 12.3. The molecule has 2 saturated heterocycles. The molecule has 0 amide bonds. The van der Waals surface area contributed by atoms with Gasteiger partial charge in [-0.1, -0.05) is 91.0 Å². The van der Waals surface area contributed by atoms with Gasteiger partial charge in [0.2, 0.25) is 0 Å². The van der Waals surface area contributed by atoms with Crippen molar-refractivity contribution in [1.29, 1.82) is 0 Å². The van der Waals surface area contributed by atoms with Gasteiger partial charge in [0, 0.05) is 14.0 Å². The first-order chi connectivity index (χ1) is 18.1. The molecule has 37 heavy (non-hydrogen) atoms. The fourth-order valence-corrected chi connectivity index (χ4v) is 4.61. The molecule has 2 aliphatic heterocycles. The predicted molar refractivity (Wildman–Crippen MR) is 136 cm³/mol. The molecular formula is C30H34O7. The van der Waals surface area contributed by atoms with Crippen molar-refractivity contribution in [2.45, 2.75) is 63.4 Å². The van der Waals surface area contributed by atoms with E-state index in [1.165, 1.54) is 0 Å². The molecule has 6 atom stereocenters. The monoisotopic (exact) mass is 506 g/mol. The van der Waals surface area contributed by atoms with Gasteiger partial charge in [-0.3, -0.25) is 4.74 Å². The molecule has 2 aliphatic rings. The maximum Gasteiger partial charge on any atom is 0.282 e. The van der Waals surface area contributed by atoms with Crippen molar-refractivity contribution in [2.24, 2.45) is 0 Å². The van der Waals surface area contributed by atoms with E-state index in [0.717, 1.165) is 16.7 Å². The number of hydrogen-bond acceptors (Lipinski definition) is 7. The van der Waals surface area contributed by atoms with E-state index in [1.54, 1.807) is 14.0 Å². The van der Waals surface area contributed by atoms with Gasteiger partial charge in [-0.25, -0.2) is 0 Å². The van der Waals surface area contributed by atoms with Crippen molar-refractivity contribution in [3.05, 3.63) is 108 Å². The molecule has 0 radical (unpaired) electrons. The smallest absolute Gasteiger partial charge is 0.282 e. The van der Waals surface area contributed by atoms with Gasteiger partial charge in [-0.2, -0.15) is 0 Å². The van der Waals surface area contributed by atoms with Crippen LogP contribution in [0.2, 0.25) is 0 Å². The molecule has 2 heterocycles. The summed E-state index contributed by atoms with van der Waals surface area (Å²) in [5.74, 6) is -1.24. The first-order valence-corrected chi connectivity index (χ1v) is 12.6. The van der Waals surface area contributed by atoms with E-state index in [0.29, 0.717) is 26.4 Å². The zero-order chi connectivity index (χ0) is 25.5. The lowest BCUT2D eigenvalue weighted by Gasteiger charge is -2.42. The third-order valence-electron chi connectivity index (χ3n) is 6.61. The Morgan fingerprint density at radius 1 is 0.676 bits per heavy atom. The van der Waals surface area contributed by atoms with Gasteiger partial charge in [0.1, 0.15) is 24.4 Å². The standard InChI is InChI=1S/C30H34O7/c1-30(31-2)36-28-27(34-20-24-16-10-5-11-17-24)26(33-19-23-14-8-4-9-15-23)25(35-29(28)37-30)21-32-18-22-12-6-3-7-13-22/h3-17,25-29H,18-21H2,1-2H3/t25-,26-,27+,28-,29?,30?/m1/s1. The minimum absolute atomic E-state index is 0.301. The molecule has 0 aromatic heterocycles. The van der Waals surface area contributed by atoms with Crippen LogP contribution >= 0.6 is 0 Å². The minimum Gasteiger partial charge on any atom is -0.374 e. The van der Waals surface area contributed by atoms with Crippen LogP contribution in [0.15, 0.2) is 91.0 Å². The molecule has 0 saturated carbocycles. The largest absolute Gasteiger partial charge is 0.374 e. The highest BCUT2D eigenvalue weighted by Gasteiger charge is 2.57. The summed E-state index contributed by atoms with van der Waals surface area (Å²) in [5.41, 5.74) is 3.19. The average molecular weight is 507 g/mol. The molecule has 196 valence electrons. The zero-order valence-corrected chi connectivity index (χ0v) is 21.2. The van der Waals surface area contributed by atoms with Gasteiger partial charge in [0.15, 0.2) is 6.29 Å². The molecule has 2 unspecified atom stereocenters. The van der Waals surface area contributed by atoms with E-state index in [4.69, 9.17) is 33.2 Å². The summed E-state index contributed by atoms with van der Waals surface area (Å²) in [5, 5.41) is 0. The maximum absolute atomic E-state index is 6.50. The van der Waals surface area contributed by atoms with Crippen LogP contribution in [0.5, 0.6) is 0 Å². The quantitative estimate of drug-likeness (QED) is 0.369. The number of hydrogen-bond donors (Lipinski definition) is 0. The first-order valence-electron chi connectivity index (χ1n) is 12.6. The van der Waals surface area contributed by atoms with Crippen LogP contribution in [-0.4, -0.2) is 50.4 Å². The van der Waals surface area contributed by atoms with Gasteiger partial charge in [0.05, 0.1) is 26.4 Å². The van der Waals surface area contributed by atoms with Crippen molar-refractivity contribution in [3.63, 3.8) is 0 Å². The Labute approximate surface area is 218 Å². The fourth-order valence-electron chi connectivity index (χ4n) is 4.61. The van der Waals surface area contributed by atoms with Crippen molar-refractivity contribution >= 4 is 0 Å². The Bertz CT molecular complexity index is 1080. The normalized spacial score (nSPS) is 29.2. The van der Waals surface area contributed by atoms with E-state index in [1.807, 2.05) is 91.0 Å². The van der Waals surface area contributed by atoms with Crippen LogP contribution in [0.3, 0.4) is 0 Å². The van der Waals surface area contributed by atoms with E-state index >= 15 is 0 Å². The maximum atomic E-state index is 6.50. The minimum atomic E-state index is -1.24. The second-order valence-corrected chi connectivity index (χ2v) is 9.33. The molecule has 0 bridgehead atoms. The average Bonchev–Trinajstić information content (AvgIpc) is 3.29. The molecular weight excluding hydrogens is 472 g/mol. The van der Waals surface area contributed by atoms with Crippen LogP contribution < -0.4 is 0 Å². The van der Waals surface area contributed by atoms with Crippen molar-refractivity contribution in [3.8, 4) is 0 Å². The lowest BCUT2D eigenvalue weighted by Crippen LogP contribution is -2.59. The van der Waals surface area contributed by atoms with Gasteiger partial charge in [-0.05, 0) is 16.7 Å². The first kappa shape index (κ1) is 26.0. The summed E-state index contributed by atoms with van der Waals surface area (Å²) in [4.78, 5) is 0. The molecule has 7 nitrogen and oxygen atoms in total.